The Bertz CT molecular complexity index is 948. The zero-order valence-corrected chi connectivity index (χ0v) is 22.8. The first-order valence-corrected chi connectivity index (χ1v) is 16.2. The Labute approximate surface area is 214 Å². The maximum atomic E-state index is 13.3. The number of hydrogen-bond donors (Lipinski definition) is 4. The average Bonchev–Trinajstić information content (AvgIpc) is 3.54. The van der Waals surface area contributed by atoms with Gasteiger partial charge in [0.2, 0.25) is 11.8 Å². The van der Waals surface area contributed by atoms with Gasteiger partial charge in [-0.25, -0.2) is 0 Å². The van der Waals surface area contributed by atoms with Crippen LogP contribution in [0.3, 0.4) is 0 Å². The Hall–Kier alpha value is -1.98. The lowest BCUT2D eigenvalue weighted by Crippen LogP contribution is -2.50. The van der Waals surface area contributed by atoms with Gasteiger partial charge in [-0.3, -0.25) is 9.59 Å². The van der Waals surface area contributed by atoms with Crippen LogP contribution >= 0.6 is 0 Å². The van der Waals surface area contributed by atoms with Gasteiger partial charge in [0, 0.05) is 42.8 Å². The predicted molar refractivity (Wildman–Crippen MR) is 139 cm³/mol. The minimum Gasteiger partial charge on any atom is -0.490 e. The average molecular weight is 520 g/mol. The lowest BCUT2D eigenvalue weighted by Gasteiger charge is -2.44. The van der Waals surface area contributed by atoms with E-state index in [1.54, 1.807) is 12.0 Å². The van der Waals surface area contributed by atoms with Crippen molar-refractivity contribution >= 4 is 25.8 Å². The molecule has 3 heterocycles. The third kappa shape index (κ3) is 5.62. The van der Waals surface area contributed by atoms with Crippen LogP contribution in [0.25, 0.3) is 0 Å². The van der Waals surface area contributed by atoms with Crippen LogP contribution in [0.5, 0.6) is 5.75 Å². The number of hydrogen-bond acceptors (Lipinski definition) is 7. The van der Waals surface area contributed by atoms with E-state index in [4.69, 9.17) is 9.47 Å². The molecule has 4 N–H and O–H groups in total. The molecule has 2 amide bonds. The first-order valence-electron chi connectivity index (χ1n) is 13.1. The number of fused-ring (bicyclic) bond motifs is 1. The van der Waals surface area contributed by atoms with Crippen molar-refractivity contribution in [1.82, 2.24) is 10.2 Å². The Balaban J connectivity index is 1.55. The van der Waals surface area contributed by atoms with Crippen molar-refractivity contribution in [3.63, 3.8) is 0 Å². The van der Waals surface area contributed by atoms with Crippen LogP contribution in [0, 0.1) is 5.92 Å². The molecule has 0 bridgehead atoms. The fraction of sp³-hybridized carbons (Fsp3) is 0.692. The van der Waals surface area contributed by atoms with Gasteiger partial charge in [0.05, 0.1) is 24.8 Å². The molecular weight excluding hydrogens is 478 g/mol. The number of likely N-dealkylation sites (tertiary alicyclic amines) is 1. The van der Waals surface area contributed by atoms with Crippen molar-refractivity contribution in [2.24, 2.45) is 5.92 Å². The highest BCUT2D eigenvalue weighted by Crippen LogP contribution is 2.47. The molecule has 0 spiro atoms. The Kier molecular flexibility index (Phi) is 8.41. The Morgan fingerprint density at radius 2 is 2.08 bits per heavy atom. The molecular formula is C26H41N3O6Si. The number of carbonyl (C=O) groups excluding carboxylic acids is 2. The molecule has 36 heavy (non-hydrogen) atoms. The molecule has 1 aromatic rings. The quantitative estimate of drug-likeness (QED) is 0.389. The van der Waals surface area contributed by atoms with Crippen molar-refractivity contribution in [3.8, 4) is 5.75 Å². The van der Waals surface area contributed by atoms with E-state index < -0.39 is 14.4 Å². The van der Waals surface area contributed by atoms with Crippen LogP contribution < -0.4 is 15.4 Å². The molecule has 3 aliphatic heterocycles. The summed E-state index contributed by atoms with van der Waals surface area (Å²) in [5, 5.41) is 15.9. The zero-order chi connectivity index (χ0) is 26.0. The topological polar surface area (TPSA) is 120 Å². The molecule has 0 aromatic heterocycles. The molecule has 3 aliphatic rings. The number of aliphatic hydroxyl groups excluding tert-OH is 1. The van der Waals surface area contributed by atoms with Gasteiger partial charge in [-0.05, 0) is 63.5 Å². The van der Waals surface area contributed by atoms with E-state index in [0.717, 1.165) is 37.8 Å². The van der Waals surface area contributed by atoms with Crippen LogP contribution in [0.4, 0.5) is 5.69 Å². The third-order valence-electron chi connectivity index (χ3n) is 8.08. The van der Waals surface area contributed by atoms with Crippen LogP contribution in [0.1, 0.15) is 50.7 Å². The van der Waals surface area contributed by atoms with Gasteiger partial charge in [-0.1, -0.05) is 6.92 Å². The molecule has 1 aromatic carbocycles. The molecule has 0 aliphatic carbocycles. The van der Waals surface area contributed by atoms with Crippen LogP contribution in [-0.4, -0.2) is 79.9 Å². The van der Waals surface area contributed by atoms with Crippen molar-refractivity contribution in [2.45, 2.75) is 82.0 Å². The van der Waals surface area contributed by atoms with E-state index in [1.165, 1.54) is 0 Å². The van der Waals surface area contributed by atoms with Crippen LogP contribution in [0.15, 0.2) is 18.2 Å². The summed E-state index contributed by atoms with van der Waals surface area (Å²) in [5.74, 6) is 0.431. The first kappa shape index (κ1) is 27.1. The van der Waals surface area contributed by atoms with Crippen molar-refractivity contribution in [3.05, 3.63) is 23.8 Å². The second-order valence-corrected chi connectivity index (χ2v) is 15.1. The van der Waals surface area contributed by atoms with E-state index in [0.29, 0.717) is 18.0 Å². The smallest absolute Gasteiger partial charge is 0.241 e. The van der Waals surface area contributed by atoms with Crippen molar-refractivity contribution in [1.29, 1.82) is 0 Å². The van der Waals surface area contributed by atoms with E-state index in [9.17, 15) is 19.5 Å². The number of amides is 2. The maximum Gasteiger partial charge on any atom is 0.241 e. The number of nitrogens with one attached hydrogen (secondary N) is 2. The number of methoxy groups -OCH3 is 1. The van der Waals surface area contributed by atoms with E-state index in [1.807, 2.05) is 38.2 Å². The van der Waals surface area contributed by atoms with Crippen LogP contribution in [-0.2, 0) is 14.3 Å². The summed E-state index contributed by atoms with van der Waals surface area (Å²) >= 11 is 0. The van der Waals surface area contributed by atoms with Crippen molar-refractivity contribution < 1.29 is 29.0 Å². The summed E-state index contributed by atoms with van der Waals surface area (Å²) in [6.45, 7) is 7.18. The van der Waals surface area contributed by atoms with Gasteiger partial charge in [0.25, 0.3) is 0 Å². The third-order valence-corrected chi connectivity index (χ3v) is 10.4. The summed E-state index contributed by atoms with van der Waals surface area (Å²) in [4.78, 5) is 38.9. The van der Waals surface area contributed by atoms with E-state index in [2.05, 4.69) is 10.6 Å². The summed E-state index contributed by atoms with van der Waals surface area (Å²) in [6.07, 6.45) is 2.96. The minimum atomic E-state index is -2.83. The number of rotatable bonds is 8. The first-order chi connectivity index (χ1) is 17.1. The summed E-state index contributed by atoms with van der Waals surface area (Å²) in [6, 6.07) is 5.25. The van der Waals surface area contributed by atoms with Crippen molar-refractivity contribution in [2.75, 3.05) is 32.1 Å². The second kappa shape index (κ2) is 11.2. The minimum absolute atomic E-state index is 0.0402. The van der Waals surface area contributed by atoms with Gasteiger partial charge in [-0.2, -0.15) is 0 Å². The number of aliphatic hydroxyl groups is 1. The van der Waals surface area contributed by atoms with E-state index >= 15 is 0 Å². The SMILES string of the molecule is CO[C@H]1c2cc(NC(=O)[C@H]3CCCN3)ccc2O[C@@H](C(CC(=O)N2CCC[C@H]2CO)[Si](C)(C)O)[C@@H]1C. The van der Waals surface area contributed by atoms with E-state index in [-0.39, 0.29) is 54.5 Å². The molecule has 10 heteroatoms. The van der Waals surface area contributed by atoms with Gasteiger partial charge in [0.1, 0.15) is 11.9 Å². The molecule has 2 saturated heterocycles. The highest BCUT2D eigenvalue weighted by atomic mass is 28.4. The number of nitrogens with zero attached hydrogens (tertiary/aromatic N) is 1. The molecule has 1 unspecified atom stereocenters. The Morgan fingerprint density at radius 3 is 2.72 bits per heavy atom. The molecule has 0 saturated carbocycles. The fourth-order valence-corrected chi connectivity index (χ4v) is 7.87. The number of ether oxygens (including phenoxy) is 2. The lowest BCUT2D eigenvalue weighted by atomic mass is 9.86. The van der Waals surface area contributed by atoms with Gasteiger partial charge >= 0.3 is 0 Å². The standard InChI is InChI=1S/C26H41N3O6Si/c1-16-24(34-2)19-13-17(28-26(32)20-8-5-11-27-20)9-10-21(19)35-25(16)22(36(3,4)33)14-23(31)29-12-6-7-18(29)15-30/h9-10,13,16,18,20,22,24-25,27,30,33H,5-8,11-12,14-15H2,1-4H3,(H,28,32)/t16-,18+,20-,22?,24-,25-/m1/s1. The highest BCUT2D eigenvalue weighted by Gasteiger charge is 2.48. The summed E-state index contributed by atoms with van der Waals surface area (Å²) in [7, 11) is -1.18. The molecule has 200 valence electrons. The number of carbonyl (C=O) groups is 2. The summed E-state index contributed by atoms with van der Waals surface area (Å²) in [5.41, 5.74) is 1.19. The Morgan fingerprint density at radius 1 is 1.31 bits per heavy atom. The number of benzene rings is 1. The normalized spacial score (nSPS) is 28.9. The molecule has 9 nitrogen and oxygen atoms in total. The molecule has 0 radical (unpaired) electrons. The maximum absolute atomic E-state index is 13.3. The second-order valence-electron chi connectivity index (χ2n) is 11.0. The largest absolute Gasteiger partial charge is 0.490 e. The lowest BCUT2D eigenvalue weighted by molar-refractivity contribution is -0.133. The summed E-state index contributed by atoms with van der Waals surface area (Å²) < 4.78 is 12.4. The monoisotopic (exact) mass is 519 g/mol. The molecule has 2 fully saturated rings. The van der Waals surface area contributed by atoms with Gasteiger partial charge in [0.15, 0.2) is 8.32 Å². The number of anilines is 1. The van der Waals surface area contributed by atoms with Gasteiger partial charge < -0.3 is 34.9 Å². The zero-order valence-electron chi connectivity index (χ0n) is 21.8. The van der Waals surface area contributed by atoms with Crippen LogP contribution in [0.2, 0.25) is 18.6 Å². The predicted octanol–water partition coefficient (Wildman–Crippen LogP) is 2.40. The molecule has 4 rings (SSSR count). The highest BCUT2D eigenvalue weighted by molar-refractivity contribution is 6.71. The van der Waals surface area contributed by atoms with Gasteiger partial charge in [-0.15, -0.1) is 0 Å². The molecule has 6 atom stereocenters. The fourth-order valence-electron chi connectivity index (χ4n) is 6.02.